The number of pyridine rings is 1. The number of carbonyl (C=O) groups is 2. The summed E-state index contributed by atoms with van der Waals surface area (Å²) >= 11 is 5.66. The van der Waals surface area contributed by atoms with Crippen LogP contribution in [-0.4, -0.2) is 37.7 Å². The molecule has 1 aliphatic carbocycles. The van der Waals surface area contributed by atoms with E-state index < -0.39 is 28.8 Å². The number of aromatic carboxylic acids is 1. The number of carboxylic acid groups (broad SMARTS) is 1. The van der Waals surface area contributed by atoms with E-state index in [0.717, 1.165) is 18.3 Å². The zero-order chi connectivity index (χ0) is 26.5. The zero-order valence-electron chi connectivity index (χ0n) is 18.3. The van der Waals surface area contributed by atoms with Crippen molar-refractivity contribution in [2.75, 3.05) is 5.32 Å². The lowest BCUT2D eigenvalue weighted by atomic mass is 10.1. The first-order chi connectivity index (χ1) is 16.9. The lowest BCUT2D eigenvalue weighted by Crippen LogP contribution is -2.33. The quantitative estimate of drug-likeness (QED) is 0.377. The molecular formula is C22H19ClF3N6O4-. The number of alkyl halides is 3. The number of hydrogen-bond donors (Lipinski definition) is 4. The minimum absolute atomic E-state index is 0.00471. The van der Waals surface area contributed by atoms with Crippen LogP contribution in [0.2, 0.25) is 5.02 Å². The molecule has 0 atom stereocenters. The van der Waals surface area contributed by atoms with Gasteiger partial charge in [-0.05, 0) is 35.9 Å². The van der Waals surface area contributed by atoms with E-state index in [1.165, 1.54) is 18.3 Å². The number of aromatic nitrogens is 3. The fourth-order valence-corrected chi connectivity index (χ4v) is 2.98. The van der Waals surface area contributed by atoms with Gasteiger partial charge in [-0.15, -0.1) is 0 Å². The molecule has 0 saturated heterocycles. The fourth-order valence-electron chi connectivity index (χ4n) is 2.80. The first-order valence-corrected chi connectivity index (χ1v) is 10.7. The third kappa shape index (κ3) is 7.26. The van der Waals surface area contributed by atoms with E-state index in [4.69, 9.17) is 22.4 Å². The maximum Gasteiger partial charge on any atom is 0.418 e. The summed E-state index contributed by atoms with van der Waals surface area (Å²) in [5.41, 5.74) is 5.99. The van der Waals surface area contributed by atoms with Gasteiger partial charge in [-0.3, -0.25) is 14.6 Å². The summed E-state index contributed by atoms with van der Waals surface area (Å²) < 4.78 is 39.3. The second-order valence-corrected chi connectivity index (χ2v) is 8.19. The third-order valence-corrected chi connectivity index (χ3v) is 5.15. The third-order valence-electron chi connectivity index (χ3n) is 4.92. The van der Waals surface area contributed by atoms with Crippen LogP contribution >= 0.6 is 11.6 Å². The van der Waals surface area contributed by atoms with Gasteiger partial charge in [0.2, 0.25) is 5.91 Å². The number of amides is 1. The van der Waals surface area contributed by atoms with Gasteiger partial charge in [0.15, 0.2) is 0 Å². The predicted octanol–water partition coefficient (Wildman–Crippen LogP) is 4.17. The molecule has 1 aromatic carbocycles. The molecule has 0 bridgehead atoms. The van der Waals surface area contributed by atoms with Crippen LogP contribution in [0.5, 0.6) is 0 Å². The first-order valence-electron chi connectivity index (χ1n) is 10.3. The molecule has 2 heterocycles. The van der Waals surface area contributed by atoms with Crippen molar-refractivity contribution in [1.29, 1.82) is 0 Å². The summed E-state index contributed by atoms with van der Waals surface area (Å²) in [4.78, 5) is 36.4. The Balaban J connectivity index is 0.000000303. The number of nitrogens with one attached hydrogen (secondary N) is 4. The average Bonchev–Trinajstić information content (AvgIpc) is 3.58. The number of nitrogens with zero attached hydrogens (tertiary/aromatic N) is 2. The Kier molecular flexibility index (Phi) is 7.95. The highest BCUT2D eigenvalue weighted by molar-refractivity contribution is 6.30. The zero-order valence-corrected chi connectivity index (χ0v) is 19.1. The van der Waals surface area contributed by atoms with Crippen molar-refractivity contribution in [1.82, 2.24) is 20.5 Å². The molecule has 5 N–H and O–H groups in total. The first kappa shape index (κ1) is 26.6. The van der Waals surface area contributed by atoms with E-state index in [9.17, 15) is 27.6 Å². The minimum Gasteiger partial charge on any atom is -0.664 e. The normalized spacial score (nSPS) is 13.7. The van der Waals surface area contributed by atoms with Gasteiger partial charge < -0.3 is 21.5 Å². The number of halogens is 4. The Bertz CT molecular complexity index is 1310. The van der Waals surface area contributed by atoms with Gasteiger partial charge in [0, 0.05) is 11.1 Å². The minimum atomic E-state index is -4.54. The lowest BCUT2D eigenvalue weighted by Gasteiger charge is -2.17. The Morgan fingerprint density at radius 2 is 1.89 bits per heavy atom. The lowest BCUT2D eigenvalue weighted by molar-refractivity contribution is -0.137. The smallest absolute Gasteiger partial charge is 0.418 e. The van der Waals surface area contributed by atoms with Gasteiger partial charge in [-0.25, -0.2) is 9.89 Å². The van der Waals surface area contributed by atoms with Crippen LogP contribution in [0, 0.1) is 0 Å². The molecule has 0 radical (unpaired) electrons. The van der Waals surface area contributed by atoms with Crippen LogP contribution in [0.1, 0.15) is 34.5 Å². The number of rotatable bonds is 6. The van der Waals surface area contributed by atoms with E-state index >= 15 is 0 Å². The molecule has 3 aromatic rings. The molecule has 0 spiro atoms. The Morgan fingerprint density at radius 1 is 1.17 bits per heavy atom. The van der Waals surface area contributed by atoms with Gasteiger partial charge in [-0.2, -0.15) is 18.3 Å². The van der Waals surface area contributed by atoms with Crippen LogP contribution in [0.25, 0.3) is 5.73 Å². The maximum absolute atomic E-state index is 13.1. The van der Waals surface area contributed by atoms with Crippen molar-refractivity contribution < 1.29 is 27.9 Å². The van der Waals surface area contributed by atoms with E-state index in [0.29, 0.717) is 24.2 Å². The van der Waals surface area contributed by atoms with E-state index in [2.05, 4.69) is 25.8 Å². The van der Waals surface area contributed by atoms with Crippen molar-refractivity contribution in [2.45, 2.75) is 31.1 Å². The Morgan fingerprint density at radius 3 is 2.42 bits per heavy atom. The largest absolute Gasteiger partial charge is 0.664 e. The molecule has 0 unspecified atom stereocenters. The summed E-state index contributed by atoms with van der Waals surface area (Å²) in [7, 11) is 0. The highest BCUT2D eigenvalue weighted by Gasteiger charge is 2.37. The fraction of sp³-hybridized carbons (Fsp3) is 0.227. The second kappa shape index (κ2) is 10.7. The average molecular weight is 524 g/mol. The van der Waals surface area contributed by atoms with E-state index in [1.807, 2.05) is 0 Å². The molecule has 1 aliphatic rings. The molecule has 4 rings (SSSR count). The summed E-state index contributed by atoms with van der Waals surface area (Å²) in [5.74, 6) is -1.49. The number of anilines is 2. The number of carboxylic acids is 1. The summed E-state index contributed by atoms with van der Waals surface area (Å²) in [6, 6.07) is 7.60. The number of aromatic amines is 1. The van der Waals surface area contributed by atoms with Crippen molar-refractivity contribution >= 4 is 34.9 Å². The van der Waals surface area contributed by atoms with Crippen molar-refractivity contribution in [2.24, 2.45) is 0 Å². The predicted molar refractivity (Wildman–Crippen MR) is 124 cm³/mol. The Hall–Kier alpha value is -3.97. The van der Waals surface area contributed by atoms with Crippen molar-refractivity contribution in [3.63, 3.8) is 0 Å². The summed E-state index contributed by atoms with van der Waals surface area (Å²) in [5, 5.41) is 19.0. The summed E-state index contributed by atoms with van der Waals surface area (Å²) in [6.45, 7) is 0.161. The molecular weight excluding hydrogens is 505 g/mol. The molecule has 1 amide bonds. The van der Waals surface area contributed by atoms with Crippen LogP contribution in [-0.2, 0) is 17.5 Å². The molecule has 190 valence electrons. The van der Waals surface area contributed by atoms with Crippen LogP contribution in [0.4, 0.5) is 24.5 Å². The van der Waals surface area contributed by atoms with Gasteiger partial charge in [0.05, 0.1) is 47.1 Å². The van der Waals surface area contributed by atoms with Crippen LogP contribution in [0.3, 0.4) is 0 Å². The molecule has 1 saturated carbocycles. The molecule has 0 aliphatic heterocycles. The van der Waals surface area contributed by atoms with E-state index in [-0.39, 0.29) is 28.7 Å². The maximum atomic E-state index is 13.1. The van der Waals surface area contributed by atoms with Crippen LogP contribution in [0.15, 0.2) is 53.6 Å². The molecule has 10 nitrogen and oxygen atoms in total. The standard InChI is InChI=1S/C17H15ClF3N4O.C5H4N2O3/c18-10-1-4-14(13(7-10)17(19,20)21)25-12-3-2-11(23-9-12)8-24-15(26)16(22)5-6-16;8-4-1-3(5(9)10)2-6-7-4/h1-4,7,9,22,25H,5-6,8H2,(H,24,26);1-2H,(H,7,8)(H,9,10)/q-1;. The highest BCUT2D eigenvalue weighted by atomic mass is 35.5. The number of carbonyl (C=O) groups excluding carboxylic acids is 1. The highest BCUT2D eigenvalue weighted by Crippen LogP contribution is 2.39. The van der Waals surface area contributed by atoms with Crippen LogP contribution < -0.4 is 16.2 Å². The van der Waals surface area contributed by atoms with Gasteiger partial charge in [0.25, 0.3) is 5.56 Å². The van der Waals surface area contributed by atoms with Gasteiger partial charge in [0.1, 0.15) is 0 Å². The van der Waals surface area contributed by atoms with Crippen molar-refractivity contribution in [3.05, 3.63) is 86.7 Å². The van der Waals surface area contributed by atoms with Gasteiger partial charge >= 0.3 is 12.1 Å². The monoisotopic (exact) mass is 523 g/mol. The van der Waals surface area contributed by atoms with E-state index in [1.54, 1.807) is 12.1 Å². The molecule has 14 heteroatoms. The number of hydrogen-bond acceptors (Lipinski definition) is 6. The molecule has 36 heavy (non-hydrogen) atoms. The van der Waals surface area contributed by atoms with Gasteiger partial charge in [-0.1, -0.05) is 24.4 Å². The topological polar surface area (TPSA) is 161 Å². The molecule has 2 aromatic heterocycles. The summed E-state index contributed by atoms with van der Waals surface area (Å²) in [6.07, 6.45) is -0.983. The second-order valence-electron chi connectivity index (χ2n) is 7.75. The van der Waals surface area contributed by atoms with Crippen molar-refractivity contribution in [3.8, 4) is 0 Å². The SMILES string of the molecule is O=C(O)c1cn[nH]c(=O)c1.[NH-]C1(C(=O)NCc2ccc(Nc3ccc(Cl)cc3C(F)(F)F)cn2)CC1. The molecule has 1 fully saturated rings. The Labute approximate surface area is 206 Å². The number of H-pyrrole nitrogens is 1. The number of benzene rings is 1.